The molecule has 2 aromatic heterocycles. The molecule has 0 spiro atoms. The van der Waals surface area contributed by atoms with Crippen LogP contribution in [0.3, 0.4) is 0 Å². The van der Waals surface area contributed by atoms with Gasteiger partial charge in [0.05, 0.1) is 29.4 Å². The van der Waals surface area contributed by atoms with Gasteiger partial charge in [0.15, 0.2) is 0 Å². The number of rotatable bonds is 3. The number of hydrogen-bond donors (Lipinski definition) is 0. The summed E-state index contributed by atoms with van der Waals surface area (Å²) in [6, 6.07) is 11.5. The zero-order valence-electron chi connectivity index (χ0n) is 10.8. The van der Waals surface area contributed by atoms with Crippen LogP contribution in [0.25, 0.3) is 16.9 Å². The van der Waals surface area contributed by atoms with Crippen molar-refractivity contribution in [1.29, 1.82) is 0 Å². The normalized spacial score (nSPS) is 10.9. The second kappa shape index (κ2) is 5.35. The lowest BCUT2D eigenvalue weighted by Crippen LogP contribution is -1.91. The lowest BCUT2D eigenvalue weighted by atomic mass is 10.1. The summed E-state index contributed by atoms with van der Waals surface area (Å²) in [4.78, 5) is 4.63. The summed E-state index contributed by atoms with van der Waals surface area (Å²) in [5.74, 6) is 1.18. The molecule has 3 nitrogen and oxygen atoms in total. The molecule has 5 heteroatoms. The molecule has 3 aromatic rings. The first-order valence-electron chi connectivity index (χ1n) is 6.10. The fraction of sp³-hybridized carbons (Fsp3) is 0.133. The Morgan fingerprint density at radius 1 is 1.15 bits per heavy atom. The fourth-order valence-corrected chi connectivity index (χ4v) is 2.59. The molecule has 0 bridgehead atoms. The van der Waals surface area contributed by atoms with Gasteiger partial charge in [-0.15, -0.1) is 11.6 Å². The largest absolute Gasteiger partial charge is 0.497 e. The van der Waals surface area contributed by atoms with E-state index >= 15 is 0 Å². The molecule has 0 aliphatic rings. The van der Waals surface area contributed by atoms with Crippen molar-refractivity contribution in [2.75, 3.05) is 7.11 Å². The van der Waals surface area contributed by atoms with E-state index in [0.717, 1.165) is 28.3 Å². The number of alkyl halides is 1. The van der Waals surface area contributed by atoms with Gasteiger partial charge >= 0.3 is 0 Å². The molecule has 0 saturated carbocycles. The molecule has 3 rings (SSSR count). The molecular weight excluding hydrogens is 295 g/mol. The molecule has 0 amide bonds. The summed E-state index contributed by atoms with van der Waals surface area (Å²) < 4.78 is 7.09. The van der Waals surface area contributed by atoms with E-state index in [1.165, 1.54) is 0 Å². The number of ether oxygens (including phenoxy) is 1. The Bertz CT molecular complexity index is 750. The quantitative estimate of drug-likeness (QED) is 0.670. The predicted octanol–water partition coefficient (Wildman–Crippen LogP) is 4.40. The van der Waals surface area contributed by atoms with E-state index in [9.17, 15) is 0 Å². The Labute approximate surface area is 126 Å². The Kier molecular flexibility index (Phi) is 3.55. The standard InChI is InChI=1S/C15H12Cl2N2O/c1-20-12-5-2-10(3-6-12)15-13(8-16)19-9-11(17)4-7-14(19)18-15/h2-7,9H,8H2,1H3. The fourth-order valence-electron chi connectivity index (χ4n) is 2.18. The van der Waals surface area contributed by atoms with Crippen LogP contribution in [0.5, 0.6) is 5.75 Å². The average Bonchev–Trinajstić information content (AvgIpc) is 2.85. The maximum Gasteiger partial charge on any atom is 0.137 e. The van der Waals surface area contributed by atoms with E-state index in [2.05, 4.69) is 4.98 Å². The predicted molar refractivity (Wildman–Crippen MR) is 81.7 cm³/mol. The van der Waals surface area contributed by atoms with E-state index in [-0.39, 0.29) is 0 Å². The molecule has 0 N–H and O–H groups in total. The highest BCUT2D eigenvalue weighted by molar-refractivity contribution is 6.30. The number of pyridine rings is 1. The van der Waals surface area contributed by atoms with Crippen LogP contribution in [-0.4, -0.2) is 16.5 Å². The molecule has 0 aliphatic carbocycles. The third-order valence-electron chi connectivity index (χ3n) is 3.17. The monoisotopic (exact) mass is 306 g/mol. The summed E-state index contributed by atoms with van der Waals surface area (Å²) in [5.41, 5.74) is 3.62. The van der Waals surface area contributed by atoms with Crippen molar-refractivity contribution < 1.29 is 4.74 Å². The number of methoxy groups -OCH3 is 1. The molecule has 0 unspecified atom stereocenters. The zero-order chi connectivity index (χ0) is 14.1. The lowest BCUT2D eigenvalue weighted by molar-refractivity contribution is 0.415. The van der Waals surface area contributed by atoms with E-state index < -0.39 is 0 Å². The van der Waals surface area contributed by atoms with Crippen LogP contribution in [0, 0.1) is 0 Å². The van der Waals surface area contributed by atoms with Gasteiger partial charge in [0.25, 0.3) is 0 Å². The first-order chi connectivity index (χ1) is 9.72. The number of halogens is 2. The van der Waals surface area contributed by atoms with Gasteiger partial charge in [-0.3, -0.25) is 0 Å². The summed E-state index contributed by atoms with van der Waals surface area (Å²) in [5, 5.41) is 0.655. The average molecular weight is 307 g/mol. The maximum absolute atomic E-state index is 6.08. The number of nitrogens with zero attached hydrogens (tertiary/aromatic N) is 2. The van der Waals surface area contributed by atoms with Gasteiger partial charge in [0.1, 0.15) is 11.4 Å². The zero-order valence-corrected chi connectivity index (χ0v) is 12.3. The third kappa shape index (κ3) is 2.23. The highest BCUT2D eigenvalue weighted by Crippen LogP contribution is 2.28. The van der Waals surface area contributed by atoms with E-state index in [0.29, 0.717) is 10.9 Å². The molecule has 0 aliphatic heterocycles. The first kappa shape index (κ1) is 13.3. The molecule has 0 radical (unpaired) electrons. The van der Waals surface area contributed by atoms with Gasteiger partial charge in [-0.2, -0.15) is 0 Å². The Morgan fingerprint density at radius 3 is 2.55 bits per heavy atom. The van der Waals surface area contributed by atoms with Crippen molar-refractivity contribution in [3.63, 3.8) is 0 Å². The minimum atomic E-state index is 0.364. The molecular formula is C15H12Cl2N2O. The van der Waals surface area contributed by atoms with E-state index in [1.54, 1.807) is 7.11 Å². The topological polar surface area (TPSA) is 26.5 Å². The van der Waals surface area contributed by atoms with Gasteiger partial charge in [-0.05, 0) is 36.4 Å². The highest BCUT2D eigenvalue weighted by atomic mass is 35.5. The summed E-state index contributed by atoms with van der Waals surface area (Å²) >= 11 is 12.1. The van der Waals surface area contributed by atoms with Crippen molar-refractivity contribution in [3.05, 3.63) is 53.3 Å². The van der Waals surface area contributed by atoms with Gasteiger partial charge in [-0.1, -0.05) is 11.6 Å². The molecule has 0 fully saturated rings. The van der Waals surface area contributed by atoms with Crippen LogP contribution in [0.15, 0.2) is 42.6 Å². The van der Waals surface area contributed by atoms with Crippen LogP contribution in [0.2, 0.25) is 5.02 Å². The third-order valence-corrected chi connectivity index (χ3v) is 3.65. The lowest BCUT2D eigenvalue weighted by Gasteiger charge is -2.03. The van der Waals surface area contributed by atoms with Gasteiger partial charge in [0.2, 0.25) is 0 Å². The van der Waals surface area contributed by atoms with Crippen molar-refractivity contribution in [2.24, 2.45) is 0 Å². The van der Waals surface area contributed by atoms with Crippen LogP contribution in [0.1, 0.15) is 5.69 Å². The van der Waals surface area contributed by atoms with Crippen molar-refractivity contribution in [2.45, 2.75) is 5.88 Å². The highest BCUT2D eigenvalue weighted by Gasteiger charge is 2.13. The number of benzene rings is 1. The number of imidazole rings is 1. The number of fused-ring (bicyclic) bond motifs is 1. The van der Waals surface area contributed by atoms with Crippen LogP contribution in [-0.2, 0) is 5.88 Å². The summed E-state index contributed by atoms with van der Waals surface area (Å²) in [7, 11) is 1.64. The van der Waals surface area contributed by atoms with Gasteiger partial charge < -0.3 is 9.14 Å². The maximum atomic E-state index is 6.08. The smallest absolute Gasteiger partial charge is 0.137 e. The van der Waals surface area contributed by atoms with Crippen molar-refractivity contribution >= 4 is 28.8 Å². The van der Waals surface area contributed by atoms with E-state index in [1.807, 2.05) is 47.0 Å². The molecule has 102 valence electrons. The Balaban J connectivity index is 2.19. The van der Waals surface area contributed by atoms with Crippen molar-refractivity contribution in [1.82, 2.24) is 9.38 Å². The Morgan fingerprint density at radius 2 is 1.90 bits per heavy atom. The van der Waals surface area contributed by atoms with Gasteiger partial charge in [-0.25, -0.2) is 4.98 Å². The first-order valence-corrected chi connectivity index (χ1v) is 7.01. The number of aromatic nitrogens is 2. The minimum Gasteiger partial charge on any atom is -0.497 e. The SMILES string of the molecule is COc1ccc(-c2nc3ccc(Cl)cn3c2CCl)cc1. The van der Waals surface area contributed by atoms with Crippen LogP contribution in [0.4, 0.5) is 0 Å². The molecule has 2 heterocycles. The number of hydrogen-bond acceptors (Lipinski definition) is 2. The second-order valence-electron chi connectivity index (χ2n) is 4.34. The van der Waals surface area contributed by atoms with E-state index in [4.69, 9.17) is 27.9 Å². The molecule has 0 saturated heterocycles. The minimum absolute atomic E-state index is 0.364. The van der Waals surface area contributed by atoms with Crippen molar-refractivity contribution in [3.8, 4) is 17.0 Å². The Hall–Kier alpha value is -1.71. The van der Waals surface area contributed by atoms with Crippen LogP contribution >= 0.6 is 23.2 Å². The molecule has 1 aromatic carbocycles. The van der Waals surface area contributed by atoms with Gasteiger partial charge in [0, 0.05) is 11.8 Å². The second-order valence-corrected chi connectivity index (χ2v) is 5.05. The summed E-state index contributed by atoms with van der Waals surface area (Å²) in [6.45, 7) is 0. The molecule has 20 heavy (non-hydrogen) atoms. The molecule has 0 atom stereocenters. The van der Waals surface area contributed by atoms with Crippen LogP contribution < -0.4 is 4.74 Å². The summed E-state index contributed by atoms with van der Waals surface area (Å²) in [6.07, 6.45) is 1.83.